The smallest absolute Gasteiger partial charge is 0.223 e. The number of Topliss-reactive ketones (excluding diaryl/α,β-unsaturated/α-hetero) is 2. The lowest BCUT2D eigenvalue weighted by molar-refractivity contribution is -0.596. The fourth-order valence-electron chi connectivity index (χ4n) is 5.32. The molecule has 10 heteroatoms. The predicted octanol–water partition coefficient (Wildman–Crippen LogP) is 2.08. The molecule has 0 amide bonds. The lowest BCUT2D eigenvalue weighted by atomic mass is 9.62. The molecule has 0 unspecified atom stereocenters. The van der Waals surface area contributed by atoms with Crippen LogP contribution in [0, 0.1) is 32.1 Å². The number of aliphatic hydroxyl groups is 2. The lowest BCUT2D eigenvalue weighted by Gasteiger charge is -2.44. The third-order valence-electron chi connectivity index (χ3n) is 7.67. The van der Waals surface area contributed by atoms with Crippen LogP contribution in [0.2, 0.25) is 0 Å². The summed E-state index contributed by atoms with van der Waals surface area (Å²) in [5.74, 6) is -2.53. The van der Waals surface area contributed by atoms with Gasteiger partial charge in [-0.1, -0.05) is 0 Å². The Bertz CT molecular complexity index is 687. The molecule has 0 spiro atoms. The molecule has 0 saturated heterocycles. The van der Waals surface area contributed by atoms with Gasteiger partial charge in [0.05, 0.1) is 23.0 Å². The van der Waals surface area contributed by atoms with E-state index in [0.717, 1.165) is 0 Å². The van der Waals surface area contributed by atoms with Crippen LogP contribution >= 0.6 is 0 Å². The third kappa shape index (κ3) is 4.39. The van der Waals surface area contributed by atoms with Crippen molar-refractivity contribution in [3.05, 3.63) is 20.2 Å². The molecular formula is C20H32N2O8. The number of ketones is 2. The van der Waals surface area contributed by atoms with Crippen molar-refractivity contribution in [1.82, 2.24) is 0 Å². The molecule has 2 N–H and O–H groups in total. The van der Waals surface area contributed by atoms with E-state index in [1.165, 1.54) is 27.7 Å². The molecule has 2 aliphatic rings. The molecule has 0 aromatic carbocycles. The average Bonchev–Trinajstić information content (AvgIpc) is 2.60. The van der Waals surface area contributed by atoms with Gasteiger partial charge in [-0.3, -0.25) is 29.8 Å². The van der Waals surface area contributed by atoms with Crippen molar-refractivity contribution in [1.29, 1.82) is 0 Å². The van der Waals surface area contributed by atoms with Gasteiger partial charge in [-0.2, -0.15) is 0 Å². The van der Waals surface area contributed by atoms with Crippen molar-refractivity contribution in [3.63, 3.8) is 0 Å². The largest absolute Gasteiger partial charge is 0.389 e. The Morgan fingerprint density at radius 3 is 1.33 bits per heavy atom. The van der Waals surface area contributed by atoms with Crippen LogP contribution in [0.25, 0.3) is 0 Å². The number of rotatable bonds is 7. The highest BCUT2D eigenvalue weighted by molar-refractivity contribution is 5.80. The molecule has 170 valence electrons. The lowest BCUT2D eigenvalue weighted by Crippen LogP contribution is -2.57. The minimum Gasteiger partial charge on any atom is -0.389 e. The zero-order valence-electron chi connectivity index (χ0n) is 18.0. The van der Waals surface area contributed by atoms with Gasteiger partial charge in [0.1, 0.15) is 11.6 Å². The van der Waals surface area contributed by atoms with Gasteiger partial charge in [-0.25, -0.2) is 0 Å². The highest BCUT2D eigenvalue weighted by Gasteiger charge is 2.59. The maximum atomic E-state index is 12.0. The van der Waals surface area contributed by atoms with E-state index in [0.29, 0.717) is 0 Å². The van der Waals surface area contributed by atoms with Gasteiger partial charge in [-0.15, -0.1) is 0 Å². The van der Waals surface area contributed by atoms with Crippen molar-refractivity contribution in [2.45, 2.75) is 101 Å². The van der Waals surface area contributed by atoms with E-state index < -0.39 is 44.0 Å². The van der Waals surface area contributed by atoms with E-state index in [2.05, 4.69) is 0 Å². The summed E-state index contributed by atoms with van der Waals surface area (Å²) < 4.78 is 0. The van der Waals surface area contributed by atoms with Crippen molar-refractivity contribution >= 4 is 11.6 Å². The summed E-state index contributed by atoms with van der Waals surface area (Å²) in [5, 5.41) is 45.1. The van der Waals surface area contributed by atoms with E-state index >= 15 is 0 Å². The molecule has 6 atom stereocenters. The number of hydrogen-bond donors (Lipinski definition) is 2. The molecule has 2 saturated carbocycles. The van der Waals surface area contributed by atoms with Crippen LogP contribution in [0.15, 0.2) is 0 Å². The van der Waals surface area contributed by atoms with Crippen molar-refractivity contribution < 1.29 is 29.6 Å². The van der Waals surface area contributed by atoms with Gasteiger partial charge >= 0.3 is 0 Å². The fraction of sp³-hybridized carbons (Fsp3) is 0.900. The Kier molecular flexibility index (Phi) is 6.45. The number of hydrogen-bond acceptors (Lipinski definition) is 8. The molecule has 30 heavy (non-hydrogen) atoms. The van der Waals surface area contributed by atoms with E-state index in [1.54, 1.807) is 0 Å². The summed E-state index contributed by atoms with van der Waals surface area (Å²) in [5.41, 5.74) is -5.80. The normalized spacial score (nSPS) is 41.8. The van der Waals surface area contributed by atoms with Crippen LogP contribution in [0.4, 0.5) is 0 Å². The third-order valence-corrected chi connectivity index (χ3v) is 7.67. The van der Waals surface area contributed by atoms with Crippen LogP contribution in [0.1, 0.15) is 79.1 Å². The molecule has 0 aromatic rings. The first-order valence-corrected chi connectivity index (χ1v) is 10.3. The van der Waals surface area contributed by atoms with Crippen molar-refractivity contribution in [2.24, 2.45) is 11.8 Å². The van der Waals surface area contributed by atoms with Gasteiger partial charge in [0.25, 0.3) is 0 Å². The molecule has 2 fully saturated rings. The second-order valence-electron chi connectivity index (χ2n) is 9.91. The van der Waals surface area contributed by atoms with Gasteiger partial charge in [0.15, 0.2) is 0 Å². The number of nitro groups is 2. The molecular weight excluding hydrogens is 396 g/mol. The van der Waals surface area contributed by atoms with Crippen LogP contribution in [0.3, 0.4) is 0 Å². The molecule has 2 rings (SSSR count). The molecule has 0 aromatic heterocycles. The van der Waals surface area contributed by atoms with Crippen LogP contribution in [0.5, 0.6) is 0 Å². The van der Waals surface area contributed by atoms with E-state index in [-0.39, 0.29) is 62.9 Å². The molecule has 0 heterocycles. The summed E-state index contributed by atoms with van der Waals surface area (Å²) in [6.45, 7) is 5.55. The number of carbonyl (C=O) groups is 2. The summed E-state index contributed by atoms with van der Waals surface area (Å²) in [4.78, 5) is 47.2. The monoisotopic (exact) mass is 428 g/mol. The summed E-state index contributed by atoms with van der Waals surface area (Å²) >= 11 is 0. The summed E-state index contributed by atoms with van der Waals surface area (Å²) in [7, 11) is 0. The van der Waals surface area contributed by atoms with Gasteiger partial charge in [0.2, 0.25) is 11.1 Å². The molecule has 0 radical (unpaired) electrons. The Balaban J connectivity index is 2.31. The minimum absolute atomic E-state index is 0.0123. The van der Waals surface area contributed by atoms with E-state index in [1.807, 2.05) is 0 Å². The quantitative estimate of drug-likeness (QED) is 0.460. The van der Waals surface area contributed by atoms with E-state index in [4.69, 9.17) is 0 Å². The van der Waals surface area contributed by atoms with Crippen molar-refractivity contribution in [2.75, 3.05) is 0 Å². The maximum absolute atomic E-state index is 12.0. The number of nitrogens with zero attached hydrogens (tertiary/aromatic N) is 2. The van der Waals surface area contributed by atoms with Crippen molar-refractivity contribution in [3.8, 4) is 0 Å². The topological polar surface area (TPSA) is 161 Å². The maximum Gasteiger partial charge on any atom is 0.223 e. The summed E-state index contributed by atoms with van der Waals surface area (Å²) in [6.07, 6.45) is -0.491. The second kappa shape index (κ2) is 7.96. The zero-order chi connectivity index (χ0) is 23.1. The first kappa shape index (κ1) is 24.3. The van der Waals surface area contributed by atoms with Crippen LogP contribution in [-0.4, -0.2) is 53.9 Å². The SMILES string of the molecule is CC(=O)[C@H]1C[C@@](CC[C@]2([N+](=O)[O-])CC[C@@](C)(O)[C@H](C(C)=O)C2)([N+](=O)[O-])CC[C@@]1(C)O. The van der Waals surface area contributed by atoms with Gasteiger partial charge in [-0.05, 0) is 40.5 Å². The Labute approximate surface area is 175 Å². The second-order valence-corrected chi connectivity index (χ2v) is 9.91. The highest BCUT2D eigenvalue weighted by atomic mass is 16.6. The molecule has 10 nitrogen and oxygen atoms in total. The molecule has 2 aliphatic carbocycles. The standard InChI is InChI=1S/C20H32N2O8/c1-13(23)15-11-19(21(27)28,7-5-17(15,3)25)9-10-20(22(29)30)8-6-18(4,26)16(12-20)14(2)24/h15-16,25-26H,5-12H2,1-4H3/t15-,16+,17-,18-,19-,20-/m1/s1. The Morgan fingerprint density at radius 2 is 1.10 bits per heavy atom. The first-order chi connectivity index (χ1) is 13.6. The summed E-state index contributed by atoms with van der Waals surface area (Å²) in [6, 6.07) is 0. The minimum atomic E-state index is -1.55. The van der Waals surface area contributed by atoms with Gasteiger partial charge < -0.3 is 10.2 Å². The fourth-order valence-corrected chi connectivity index (χ4v) is 5.32. The average molecular weight is 428 g/mol. The predicted molar refractivity (Wildman–Crippen MR) is 106 cm³/mol. The zero-order valence-corrected chi connectivity index (χ0v) is 18.0. The number of carbonyl (C=O) groups excluding carboxylic acids is 2. The molecule has 0 aliphatic heterocycles. The van der Waals surface area contributed by atoms with Gasteiger partial charge in [0, 0.05) is 48.4 Å². The Morgan fingerprint density at radius 1 is 0.800 bits per heavy atom. The first-order valence-electron chi connectivity index (χ1n) is 10.3. The van der Waals surface area contributed by atoms with Crippen LogP contribution in [-0.2, 0) is 9.59 Å². The van der Waals surface area contributed by atoms with Crippen LogP contribution < -0.4 is 0 Å². The Hall–Kier alpha value is -1.94. The highest BCUT2D eigenvalue weighted by Crippen LogP contribution is 2.48. The van der Waals surface area contributed by atoms with E-state index in [9.17, 15) is 40.0 Å². The molecule has 0 bridgehead atoms.